The van der Waals surface area contributed by atoms with Crippen molar-refractivity contribution < 1.29 is 9.53 Å². The highest BCUT2D eigenvalue weighted by Crippen LogP contribution is 2.29. The van der Waals surface area contributed by atoms with Crippen molar-refractivity contribution in [2.24, 2.45) is 5.92 Å². The van der Waals surface area contributed by atoms with Gasteiger partial charge in [0.15, 0.2) is 5.65 Å². The normalized spacial score (nSPS) is 11.5. The van der Waals surface area contributed by atoms with E-state index in [-0.39, 0.29) is 5.56 Å². The van der Waals surface area contributed by atoms with E-state index in [0.717, 1.165) is 11.0 Å². The van der Waals surface area contributed by atoms with Gasteiger partial charge in [0.05, 0.1) is 18.1 Å². The van der Waals surface area contributed by atoms with Crippen molar-refractivity contribution in [1.82, 2.24) is 14.5 Å². The Kier molecular flexibility index (Phi) is 3.44. The molecule has 2 heterocycles. The number of esters is 1. The van der Waals surface area contributed by atoms with Gasteiger partial charge in [0.2, 0.25) is 0 Å². The zero-order valence-corrected chi connectivity index (χ0v) is 12.8. The van der Waals surface area contributed by atoms with E-state index in [1.807, 2.05) is 28.8 Å². The number of hydrogen-bond donors (Lipinski definition) is 1. The summed E-state index contributed by atoms with van der Waals surface area (Å²) in [6.07, 6.45) is 0. The number of carbonyl (C=O) groups excluding carboxylic acids is 1. The average molecular weight is 298 g/mol. The van der Waals surface area contributed by atoms with Crippen LogP contribution in [0.4, 0.5) is 5.82 Å². The molecule has 0 fully saturated rings. The minimum Gasteiger partial charge on any atom is -0.465 e. The predicted octanol–water partition coefficient (Wildman–Crippen LogP) is 2.61. The molecule has 0 atom stereocenters. The van der Waals surface area contributed by atoms with Crippen LogP contribution in [0.5, 0.6) is 0 Å². The maximum Gasteiger partial charge on any atom is 0.343 e. The van der Waals surface area contributed by atoms with E-state index >= 15 is 0 Å². The molecule has 0 aliphatic rings. The van der Waals surface area contributed by atoms with E-state index in [4.69, 9.17) is 10.5 Å². The van der Waals surface area contributed by atoms with Crippen molar-refractivity contribution in [1.29, 1.82) is 0 Å². The Balaban J connectivity index is 2.39. The first-order chi connectivity index (χ1) is 10.5. The molecule has 0 saturated carbocycles. The van der Waals surface area contributed by atoms with Crippen LogP contribution in [0.25, 0.3) is 22.2 Å². The summed E-state index contributed by atoms with van der Waals surface area (Å²) in [6.45, 7) is 4.82. The van der Waals surface area contributed by atoms with Gasteiger partial charge in [0.25, 0.3) is 0 Å². The van der Waals surface area contributed by atoms with Crippen LogP contribution >= 0.6 is 0 Å². The highest BCUT2D eigenvalue weighted by atomic mass is 16.5. The second-order valence-electron chi connectivity index (χ2n) is 5.64. The lowest BCUT2D eigenvalue weighted by Crippen LogP contribution is -2.11. The average Bonchev–Trinajstić information content (AvgIpc) is 2.76. The predicted molar refractivity (Wildman–Crippen MR) is 85.6 cm³/mol. The van der Waals surface area contributed by atoms with E-state index in [1.165, 1.54) is 7.11 Å². The Labute approximate surface area is 127 Å². The molecule has 0 spiro atoms. The molecule has 22 heavy (non-hydrogen) atoms. The number of methoxy groups -OCH3 is 1. The molecule has 0 aliphatic carbocycles. The first-order valence-corrected chi connectivity index (χ1v) is 7.15. The Hall–Kier alpha value is -2.63. The van der Waals surface area contributed by atoms with Gasteiger partial charge in [-0.3, -0.25) is 0 Å². The lowest BCUT2D eigenvalue weighted by molar-refractivity contribution is 0.0604. The van der Waals surface area contributed by atoms with Gasteiger partial charge in [-0.05, 0) is 18.1 Å². The van der Waals surface area contributed by atoms with Crippen LogP contribution < -0.4 is 5.73 Å². The van der Waals surface area contributed by atoms with Crippen LogP contribution in [0, 0.1) is 5.92 Å². The van der Waals surface area contributed by atoms with Crippen LogP contribution in [0.15, 0.2) is 24.3 Å². The molecular weight excluding hydrogens is 280 g/mol. The topological polar surface area (TPSA) is 83.0 Å². The molecule has 0 saturated heterocycles. The minimum absolute atomic E-state index is 0.288. The standard InChI is InChI=1S/C16H18N4O2/c1-9(2)8-20-14(17)12(16(21)22-3)13-15(20)19-11-7-5-4-6-10(11)18-13/h4-7,9H,8,17H2,1-3H3. The third kappa shape index (κ3) is 2.16. The largest absolute Gasteiger partial charge is 0.465 e. The number of carbonyl (C=O) groups is 1. The lowest BCUT2D eigenvalue weighted by atomic mass is 10.2. The summed E-state index contributed by atoms with van der Waals surface area (Å²) in [5.74, 6) is 0.220. The summed E-state index contributed by atoms with van der Waals surface area (Å²) in [7, 11) is 1.34. The molecule has 0 unspecified atom stereocenters. The number of nitrogens with zero attached hydrogens (tertiary/aromatic N) is 3. The highest BCUT2D eigenvalue weighted by molar-refractivity contribution is 6.08. The summed E-state index contributed by atoms with van der Waals surface area (Å²) < 4.78 is 6.69. The Morgan fingerprint density at radius 2 is 1.91 bits per heavy atom. The van der Waals surface area contributed by atoms with Gasteiger partial charge in [0.1, 0.15) is 16.9 Å². The van der Waals surface area contributed by atoms with Gasteiger partial charge in [0, 0.05) is 6.54 Å². The van der Waals surface area contributed by atoms with E-state index in [0.29, 0.717) is 29.4 Å². The van der Waals surface area contributed by atoms with Crippen LogP contribution in [0.1, 0.15) is 24.2 Å². The number of para-hydroxylation sites is 2. The van der Waals surface area contributed by atoms with Crippen molar-refractivity contribution in [2.45, 2.75) is 20.4 Å². The summed E-state index contributed by atoms with van der Waals surface area (Å²) in [5, 5.41) is 0. The summed E-state index contributed by atoms with van der Waals surface area (Å²) in [4.78, 5) is 21.3. The van der Waals surface area contributed by atoms with Crippen molar-refractivity contribution in [3.05, 3.63) is 29.8 Å². The summed E-state index contributed by atoms with van der Waals surface area (Å²) in [6, 6.07) is 7.54. The van der Waals surface area contributed by atoms with Gasteiger partial charge >= 0.3 is 5.97 Å². The van der Waals surface area contributed by atoms with Gasteiger partial charge in [-0.2, -0.15) is 0 Å². The van der Waals surface area contributed by atoms with Gasteiger partial charge in [-0.1, -0.05) is 26.0 Å². The molecular formula is C16H18N4O2. The number of fused-ring (bicyclic) bond motifs is 2. The fourth-order valence-corrected chi connectivity index (χ4v) is 2.57. The molecule has 1 aromatic carbocycles. The second-order valence-corrected chi connectivity index (χ2v) is 5.64. The summed E-state index contributed by atoms with van der Waals surface area (Å²) in [5.41, 5.74) is 9.08. The Morgan fingerprint density at radius 3 is 2.50 bits per heavy atom. The number of nitrogens with two attached hydrogens (primary N) is 1. The van der Waals surface area contributed by atoms with E-state index in [1.54, 1.807) is 0 Å². The molecule has 0 aliphatic heterocycles. The number of rotatable bonds is 3. The number of ether oxygens (including phenoxy) is 1. The molecule has 0 radical (unpaired) electrons. The fourth-order valence-electron chi connectivity index (χ4n) is 2.57. The molecule has 0 amide bonds. The first-order valence-electron chi connectivity index (χ1n) is 7.15. The van der Waals surface area contributed by atoms with E-state index < -0.39 is 5.97 Å². The number of nitrogen functional groups attached to an aromatic ring is 1. The molecule has 114 valence electrons. The number of benzene rings is 1. The third-order valence-corrected chi connectivity index (χ3v) is 3.53. The number of aromatic nitrogens is 3. The quantitative estimate of drug-likeness (QED) is 0.751. The van der Waals surface area contributed by atoms with Crippen LogP contribution in [0.2, 0.25) is 0 Å². The van der Waals surface area contributed by atoms with Gasteiger partial charge < -0.3 is 15.0 Å². The smallest absolute Gasteiger partial charge is 0.343 e. The molecule has 2 N–H and O–H groups in total. The van der Waals surface area contributed by atoms with Crippen LogP contribution in [-0.2, 0) is 11.3 Å². The van der Waals surface area contributed by atoms with E-state index in [9.17, 15) is 4.79 Å². The molecule has 3 aromatic rings. The monoisotopic (exact) mass is 298 g/mol. The first kappa shape index (κ1) is 14.3. The minimum atomic E-state index is -0.491. The molecule has 6 heteroatoms. The van der Waals surface area contributed by atoms with Crippen LogP contribution in [-0.4, -0.2) is 27.6 Å². The van der Waals surface area contributed by atoms with Crippen molar-refractivity contribution in [2.75, 3.05) is 12.8 Å². The zero-order chi connectivity index (χ0) is 15.9. The van der Waals surface area contributed by atoms with Gasteiger partial charge in [-0.25, -0.2) is 14.8 Å². The molecule has 0 bridgehead atoms. The second kappa shape index (κ2) is 5.29. The maximum absolute atomic E-state index is 12.1. The Bertz CT molecular complexity index is 867. The van der Waals surface area contributed by atoms with Crippen molar-refractivity contribution in [3.8, 4) is 0 Å². The number of hydrogen-bond acceptors (Lipinski definition) is 5. The van der Waals surface area contributed by atoms with Crippen LogP contribution in [0.3, 0.4) is 0 Å². The Morgan fingerprint density at radius 1 is 1.27 bits per heavy atom. The van der Waals surface area contributed by atoms with Gasteiger partial charge in [-0.15, -0.1) is 0 Å². The molecule has 3 rings (SSSR count). The molecule has 6 nitrogen and oxygen atoms in total. The highest BCUT2D eigenvalue weighted by Gasteiger charge is 2.24. The third-order valence-electron chi connectivity index (χ3n) is 3.53. The van der Waals surface area contributed by atoms with E-state index in [2.05, 4.69) is 23.8 Å². The zero-order valence-electron chi connectivity index (χ0n) is 12.8. The van der Waals surface area contributed by atoms with Crippen molar-refractivity contribution in [3.63, 3.8) is 0 Å². The van der Waals surface area contributed by atoms with Crippen molar-refractivity contribution >= 4 is 34.0 Å². The fraction of sp³-hybridized carbons (Fsp3) is 0.312. The summed E-state index contributed by atoms with van der Waals surface area (Å²) >= 11 is 0. The maximum atomic E-state index is 12.1. The number of anilines is 1. The SMILES string of the molecule is COC(=O)c1c(N)n(CC(C)C)c2nc3ccccc3nc12. The lowest BCUT2D eigenvalue weighted by Gasteiger charge is -2.10. The molecule has 2 aromatic heterocycles.